The molecule has 0 saturated carbocycles. The summed E-state index contributed by atoms with van der Waals surface area (Å²) in [5.74, 6) is 1.98. The molecule has 4 heteroatoms. The molecular formula is C18H17NO3. The van der Waals surface area contributed by atoms with Crippen molar-refractivity contribution in [2.24, 2.45) is 0 Å². The highest BCUT2D eigenvalue weighted by Crippen LogP contribution is 2.53. The van der Waals surface area contributed by atoms with Crippen LogP contribution in [0.1, 0.15) is 22.7 Å². The molecule has 5 rings (SSSR count). The van der Waals surface area contributed by atoms with Gasteiger partial charge in [0.15, 0.2) is 11.5 Å². The van der Waals surface area contributed by atoms with E-state index < -0.39 is 0 Å². The Balaban J connectivity index is 1.88. The predicted molar refractivity (Wildman–Crippen MR) is 82.4 cm³/mol. The summed E-state index contributed by atoms with van der Waals surface area (Å²) in [6, 6.07) is 8.19. The zero-order valence-corrected chi connectivity index (χ0v) is 12.4. The molecule has 0 saturated heterocycles. The average molecular weight is 295 g/mol. The number of fused-ring (bicyclic) bond motifs is 4. The number of nitrogens with zero attached hydrogens (tertiary/aromatic N) is 1. The van der Waals surface area contributed by atoms with Crippen LogP contribution in [-0.2, 0) is 12.8 Å². The molecular weight excluding hydrogens is 278 g/mol. The Hall–Kier alpha value is -2.20. The number of phenolic OH excluding ortho intramolecular Hbond substituents is 1. The molecule has 2 heterocycles. The van der Waals surface area contributed by atoms with Gasteiger partial charge < -0.3 is 14.6 Å². The third kappa shape index (κ3) is 1.50. The van der Waals surface area contributed by atoms with E-state index in [0.717, 1.165) is 42.0 Å². The summed E-state index contributed by atoms with van der Waals surface area (Å²) in [6.07, 6.45) is 2.01. The molecule has 1 atom stereocenters. The molecule has 0 spiro atoms. The highest BCUT2D eigenvalue weighted by Gasteiger charge is 2.37. The number of hydrogen-bond donors (Lipinski definition) is 1. The van der Waals surface area contributed by atoms with Crippen LogP contribution in [0, 0.1) is 0 Å². The average Bonchev–Trinajstić information content (AvgIpc) is 2.98. The second-order valence-corrected chi connectivity index (χ2v) is 6.35. The second-order valence-electron chi connectivity index (χ2n) is 6.35. The zero-order chi connectivity index (χ0) is 14.8. The fourth-order valence-corrected chi connectivity index (χ4v) is 4.08. The van der Waals surface area contributed by atoms with Gasteiger partial charge in [0.25, 0.3) is 0 Å². The standard InChI is InChI=1S/C18H17NO3/c1-19-5-4-11-7-15-18(22-9-21-15)17-13-8-12(20)3-2-10(13)6-14(19)16(11)17/h2-3,7-8,14,20H,4-6,9H2,1H3/t14-/m0/s1. The van der Waals surface area contributed by atoms with Gasteiger partial charge in [-0.05, 0) is 60.3 Å². The van der Waals surface area contributed by atoms with Gasteiger partial charge in [-0.1, -0.05) is 6.07 Å². The van der Waals surface area contributed by atoms with Crippen molar-refractivity contribution in [3.8, 4) is 28.4 Å². The summed E-state index contributed by atoms with van der Waals surface area (Å²) in [7, 11) is 2.19. The van der Waals surface area contributed by atoms with Gasteiger partial charge in [0, 0.05) is 18.2 Å². The summed E-state index contributed by atoms with van der Waals surface area (Å²) in [6.45, 7) is 1.34. The van der Waals surface area contributed by atoms with Crippen LogP contribution in [0.5, 0.6) is 17.2 Å². The molecule has 4 nitrogen and oxygen atoms in total. The maximum atomic E-state index is 9.94. The van der Waals surface area contributed by atoms with Gasteiger partial charge in [-0.3, -0.25) is 4.90 Å². The van der Waals surface area contributed by atoms with Crippen LogP contribution >= 0.6 is 0 Å². The van der Waals surface area contributed by atoms with E-state index in [0.29, 0.717) is 11.8 Å². The number of benzene rings is 2. The van der Waals surface area contributed by atoms with Crippen LogP contribution in [0.15, 0.2) is 24.3 Å². The molecule has 0 fully saturated rings. The second kappa shape index (κ2) is 4.17. The zero-order valence-electron chi connectivity index (χ0n) is 12.4. The number of phenols is 1. The van der Waals surface area contributed by atoms with E-state index in [1.54, 1.807) is 6.07 Å². The number of likely N-dealkylation sites (N-methyl/N-ethyl adjacent to an activating group) is 1. The normalized spacial score (nSPS) is 21.4. The summed E-state index contributed by atoms with van der Waals surface area (Å²) < 4.78 is 11.4. The molecule has 0 aromatic heterocycles. The third-order valence-corrected chi connectivity index (χ3v) is 5.16. The highest BCUT2D eigenvalue weighted by atomic mass is 16.7. The van der Waals surface area contributed by atoms with E-state index >= 15 is 0 Å². The predicted octanol–water partition coefficient (Wildman–Crippen LogP) is 2.87. The Bertz CT molecular complexity index is 799. The Morgan fingerprint density at radius 1 is 1.18 bits per heavy atom. The van der Waals surface area contributed by atoms with E-state index in [1.165, 1.54) is 16.7 Å². The van der Waals surface area contributed by atoms with E-state index in [2.05, 4.69) is 18.0 Å². The maximum Gasteiger partial charge on any atom is 0.231 e. The molecule has 1 aliphatic carbocycles. The van der Waals surface area contributed by atoms with Gasteiger partial charge in [-0.2, -0.15) is 0 Å². The lowest BCUT2D eigenvalue weighted by atomic mass is 9.76. The number of hydrogen-bond acceptors (Lipinski definition) is 4. The lowest BCUT2D eigenvalue weighted by Gasteiger charge is -2.40. The summed E-state index contributed by atoms with van der Waals surface area (Å²) in [5, 5.41) is 9.94. The Kier molecular flexibility index (Phi) is 2.34. The lowest BCUT2D eigenvalue weighted by molar-refractivity contribution is 0.174. The van der Waals surface area contributed by atoms with Crippen LogP contribution in [0.25, 0.3) is 11.1 Å². The summed E-state index contributed by atoms with van der Waals surface area (Å²) in [4.78, 5) is 2.42. The van der Waals surface area contributed by atoms with Crippen LogP contribution in [0.4, 0.5) is 0 Å². The SMILES string of the molecule is CN1CCc2cc3c(c4c2[C@@H]1Cc1ccc(O)cc1-4)OCO3. The number of rotatable bonds is 0. The van der Waals surface area contributed by atoms with Gasteiger partial charge in [0.05, 0.1) is 0 Å². The Morgan fingerprint density at radius 2 is 2.09 bits per heavy atom. The first-order valence-electron chi connectivity index (χ1n) is 7.70. The topological polar surface area (TPSA) is 41.9 Å². The van der Waals surface area contributed by atoms with Crippen molar-refractivity contribution in [1.82, 2.24) is 4.90 Å². The van der Waals surface area contributed by atoms with Crippen molar-refractivity contribution >= 4 is 0 Å². The largest absolute Gasteiger partial charge is 0.508 e. The maximum absolute atomic E-state index is 9.94. The summed E-state index contributed by atoms with van der Waals surface area (Å²) >= 11 is 0. The van der Waals surface area contributed by atoms with E-state index in [4.69, 9.17) is 9.47 Å². The smallest absolute Gasteiger partial charge is 0.231 e. The van der Waals surface area contributed by atoms with Gasteiger partial charge >= 0.3 is 0 Å². The van der Waals surface area contributed by atoms with Crippen molar-refractivity contribution in [2.45, 2.75) is 18.9 Å². The van der Waals surface area contributed by atoms with E-state index in [9.17, 15) is 5.11 Å². The number of ether oxygens (including phenoxy) is 2. The molecule has 2 aliphatic heterocycles. The molecule has 1 N–H and O–H groups in total. The first kappa shape index (κ1) is 12.4. The van der Waals surface area contributed by atoms with Crippen molar-refractivity contribution in [3.05, 3.63) is 41.0 Å². The minimum atomic E-state index is 0.278. The van der Waals surface area contributed by atoms with Gasteiger partial charge in [0.2, 0.25) is 6.79 Å². The first-order chi connectivity index (χ1) is 10.7. The molecule has 2 aromatic carbocycles. The molecule has 0 radical (unpaired) electrons. The lowest BCUT2D eigenvalue weighted by Crippen LogP contribution is -2.35. The molecule has 22 heavy (non-hydrogen) atoms. The van der Waals surface area contributed by atoms with Gasteiger partial charge in [-0.15, -0.1) is 0 Å². The molecule has 0 amide bonds. The summed E-state index contributed by atoms with van der Waals surface area (Å²) in [5.41, 5.74) is 6.19. The van der Waals surface area contributed by atoms with Crippen molar-refractivity contribution < 1.29 is 14.6 Å². The monoisotopic (exact) mass is 295 g/mol. The molecule has 0 bridgehead atoms. The van der Waals surface area contributed by atoms with Gasteiger partial charge in [0.1, 0.15) is 5.75 Å². The quantitative estimate of drug-likeness (QED) is 0.811. The first-order valence-corrected chi connectivity index (χ1v) is 7.70. The van der Waals surface area contributed by atoms with Crippen molar-refractivity contribution in [2.75, 3.05) is 20.4 Å². The minimum Gasteiger partial charge on any atom is -0.508 e. The minimum absolute atomic E-state index is 0.278. The highest BCUT2D eigenvalue weighted by molar-refractivity contribution is 5.84. The molecule has 2 aromatic rings. The molecule has 3 aliphatic rings. The van der Waals surface area contributed by atoms with Crippen LogP contribution in [-0.4, -0.2) is 30.4 Å². The third-order valence-electron chi connectivity index (χ3n) is 5.16. The Morgan fingerprint density at radius 3 is 3.00 bits per heavy atom. The van der Waals surface area contributed by atoms with Crippen LogP contribution in [0.3, 0.4) is 0 Å². The Labute approximate surface area is 128 Å². The van der Waals surface area contributed by atoms with Gasteiger partial charge in [-0.25, -0.2) is 0 Å². The fourth-order valence-electron chi connectivity index (χ4n) is 4.08. The van der Waals surface area contributed by atoms with Crippen molar-refractivity contribution in [3.63, 3.8) is 0 Å². The fraction of sp³-hybridized carbons (Fsp3) is 0.333. The van der Waals surface area contributed by atoms with Crippen molar-refractivity contribution in [1.29, 1.82) is 0 Å². The van der Waals surface area contributed by atoms with E-state index in [-0.39, 0.29) is 6.79 Å². The van der Waals surface area contributed by atoms with Crippen LogP contribution < -0.4 is 9.47 Å². The van der Waals surface area contributed by atoms with E-state index in [1.807, 2.05) is 12.1 Å². The van der Waals surface area contributed by atoms with Crippen LogP contribution in [0.2, 0.25) is 0 Å². The number of aromatic hydroxyl groups is 1. The molecule has 112 valence electrons. The molecule has 0 unspecified atom stereocenters.